The summed E-state index contributed by atoms with van der Waals surface area (Å²) in [7, 11) is 0. The van der Waals surface area contributed by atoms with Crippen molar-refractivity contribution in [3.05, 3.63) is 30.1 Å². The Balaban J connectivity index is 1.75. The number of nitrogens with one attached hydrogen (secondary N) is 2. The van der Waals surface area contributed by atoms with Crippen LogP contribution in [-0.2, 0) is 14.4 Å². The van der Waals surface area contributed by atoms with E-state index in [0.717, 1.165) is 17.1 Å². The summed E-state index contributed by atoms with van der Waals surface area (Å²) >= 11 is 0. The van der Waals surface area contributed by atoms with E-state index in [1.807, 2.05) is 11.8 Å². The zero-order chi connectivity index (χ0) is 18.0. The molecule has 134 valence electrons. The number of halogens is 1. The molecule has 2 N–H and O–H groups in total. The number of hydrogen-bond acceptors (Lipinski definition) is 5. The highest BCUT2D eigenvalue weighted by Gasteiger charge is 2.45. The molecular formula is C16H20FN5O3. The van der Waals surface area contributed by atoms with Crippen LogP contribution >= 0.6 is 0 Å². The summed E-state index contributed by atoms with van der Waals surface area (Å²) in [6, 6.07) is 5.90. The summed E-state index contributed by atoms with van der Waals surface area (Å²) < 4.78 is 13.1. The number of anilines is 1. The molecule has 0 radical (unpaired) electrons. The molecule has 1 unspecified atom stereocenters. The highest BCUT2D eigenvalue weighted by molar-refractivity contribution is 6.35. The van der Waals surface area contributed by atoms with Crippen molar-refractivity contribution < 1.29 is 18.8 Å². The van der Waals surface area contributed by atoms with Gasteiger partial charge >= 0.3 is 11.8 Å². The molecule has 3 amide bonds. The second-order valence-corrected chi connectivity index (χ2v) is 5.91. The monoisotopic (exact) mass is 349 g/mol. The van der Waals surface area contributed by atoms with E-state index in [2.05, 4.69) is 10.7 Å². The van der Waals surface area contributed by atoms with Crippen molar-refractivity contribution in [1.29, 1.82) is 0 Å². The Hall–Kier alpha value is -2.68. The molecule has 2 saturated heterocycles. The van der Waals surface area contributed by atoms with Crippen LogP contribution in [-0.4, -0.2) is 60.1 Å². The van der Waals surface area contributed by atoms with Gasteiger partial charge in [0.1, 0.15) is 12.4 Å². The quantitative estimate of drug-likeness (QED) is 0.709. The summed E-state index contributed by atoms with van der Waals surface area (Å²) in [5.74, 6) is -2.10. The summed E-state index contributed by atoms with van der Waals surface area (Å²) in [4.78, 5) is 39.6. The Morgan fingerprint density at radius 1 is 1.20 bits per heavy atom. The zero-order valence-electron chi connectivity index (χ0n) is 13.9. The molecule has 8 nitrogen and oxygen atoms in total. The van der Waals surface area contributed by atoms with Crippen molar-refractivity contribution in [3.8, 4) is 0 Å². The molecule has 0 saturated carbocycles. The molecule has 1 aromatic rings. The van der Waals surface area contributed by atoms with Gasteiger partial charge in [0, 0.05) is 25.3 Å². The minimum absolute atomic E-state index is 0.244. The third kappa shape index (κ3) is 3.41. The van der Waals surface area contributed by atoms with Crippen LogP contribution in [0.15, 0.2) is 24.3 Å². The first-order valence-corrected chi connectivity index (χ1v) is 8.19. The van der Waals surface area contributed by atoms with E-state index >= 15 is 0 Å². The number of carbonyl (C=O) groups is 3. The first-order chi connectivity index (χ1) is 12.0. The Labute approximate surface area is 144 Å². The van der Waals surface area contributed by atoms with Crippen LogP contribution in [0.3, 0.4) is 0 Å². The third-order valence-electron chi connectivity index (χ3n) is 4.16. The number of amides is 3. The SMILES string of the molecule is CCCNC(=O)CN1NC2N(CCN2c2ccc(F)cc2)C(=O)C1=O. The van der Waals surface area contributed by atoms with Gasteiger partial charge in [-0.3, -0.25) is 24.3 Å². The van der Waals surface area contributed by atoms with Gasteiger partial charge in [0.2, 0.25) is 5.91 Å². The summed E-state index contributed by atoms with van der Waals surface area (Å²) in [5, 5.41) is 3.71. The van der Waals surface area contributed by atoms with Gasteiger partial charge in [-0.25, -0.2) is 4.39 Å². The molecule has 1 aromatic carbocycles. The highest BCUT2D eigenvalue weighted by atomic mass is 19.1. The molecule has 2 heterocycles. The summed E-state index contributed by atoms with van der Waals surface area (Å²) in [6.45, 7) is 3.05. The van der Waals surface area contributed by atoms with Crippen molar-refractivity contribution in [2.45, 2.75) is 19.6 Å². The van der Waals surface area contributed by atoms with E-state index in [0.29, 0.717) is 19.6 Å². The molecule has 0 spiro atoms. The molecule has 9 heteroatoms. The van der Waals surface area contributed by atoms with Gasteiger partial charge in [-0.15, -0.1) is 0 Å². The summed E-state index contributed by atoms with van der Waals surface area (Å²) in [6.07, 6.45) is 0.190. The van der Waals surface area contributed by atoms with Crippen molar-refractivity contribution in [3.63, 3.8) is 0 Å². The van der Waals surface area contributed by atoms with Crippen molar-refractivity contribution in [2.75, 3.05) is 31.1 Å². The molecule has 1 atom stereocenters. The lowest BCUT2D eigenvalue weighted by atomic mass is 10.3. The number of hydrazine groups is 1. The largest absolute Gasteiger partial charge is 0.355 e. The smallest absolute Gasteiger partial charge is 0.326 e. The Bertz CT molecular complexity index is 681. The highest BCUT2D eigenvalue weighted by Crippen LogP contribution is 2.25. The molecule has 0 aromatic heterocycles. The molecule has 0 bridgehead atoms. The second kappa shape index (κ2) is 7.06. The number of fused-ring (bicyclic) bond motifs is 1. The van der Waals surface area contributed by atoms with Crippen LogP contribution in [0.1, 0.15) is 13.3 Å². The molecule has 0 aliphatic carbocycles. The van der Waals surface area contributed by atoms with E-state index in [1.54, 1.807) is 12.1 Å². The molecule has 2 aliphatic heterocycles. The maximum atomic E-state index is 13.1. The van der Waals surface area contributed by atoms with Crippen LogP contribution in [0.5, 0.6) is 0 Å². The van der Waals surface area contributed by atoms with E-state index in [9.17, 15) is 18.8 Å². The minimum atomic E-state index is -0.760. The second-order valence-electron chi connectivity index (χ2n) is 5.91. The van der Waals surface area contributed by atoms with Gasteiger partial charge in [-0.05, 0) is 30.7 Å². The Morgan fingerprint density at radius 2 is 1.88 bits per heavy atom. The first kappa shape index (κ1) is 17.2. The van der Waals surface area contributed by atoms with Crippen LogP contribution in [0.25, 0.3) is 0 Å². The lowest BCUT2D eigenvalue weighted by Crippen LogP contribution is -2.68. The fourth-order valence-corrected chi connectivity index (χ4v) is 2.90. The van der Waals surface area contributed by atoms with Crippen molar-refractivity contribution in [1.82, 2.24) is 20.7 Å². The maximum absolute atomic E-state index is 13.1. The standard InChI is InChI=1S/C16H20FN5O3/c1-2-7-18-13(23)10-22-15(25)14(24)21-9-8-20(16(21)19-22)12-5-3-11(17)4-6-12/h3-6,16,19H,2,7-10H2,1H3,(H,18,23). The Morgan fingerprint density at radius 3 is 2.56 bits per heavy atom. The molecule has 2 fully saturated rings. The molecule has 25 heavy (non-hydrogen) atoms. The lowest BCUT2D eigenvalue weighted by Gasteiger charge is -2.40. The third-order valence-corrected chi connectivity index (χ3v) is 4.16. The topological polar surface area (TPSA) is 85.0 Å². The van der Waals surface area contributed by atoms with Gasteiger partial charge < -0.3 is 10.2 Å². The average molecular weight is 349 g/mol. The summed E-state index contributed by atoms with van der Waals surface area (Å²) in [5.41, 5.74) is 3.65. The fourth-order valence-electron chi connectivity index (χ4n) is 2.90. The first-order valence-electron chi connectivity index (χ1n) is 8.19. The van der Waals surface area contributed by atoms with Gasteiger partial charge in [0.05, 0.1) is 0 Å². The van der Waals surface area contributed by atoms with Gasteiger partial charge in [0.15, 0.2) is 6.29 Å². The Kier molecular flexibility index (Phi) is 4.84. The van der Waals surface area contributed by atoms with E-state index < -0.39 is 18.1 Å². The predicted octanol–water partition coefficient (Wildman–Crippen LogP) is -0.369. The number of carbonyl (C=O) groups excluding carboxylic acids is 3. The van der Waals surface area contributed by atoms with E-state index in [4.69, 9.17) is 0 Å². The minimum Gasteiger partial charge on any atom is -0.355 e. The van der Waals surface area contributed by atoms with Crippen LogP contribution in [0, 0.1) is 5.82 Å². The number of benzene rings is 1. The average Bonchev–Trinajstić information content (AvgIpc) is 3.02. The van der Waals surface area contributed by atoms with E-state index in [1.165, 1.54) is 17.0 Å². The lowest BCUT2D eigenvalue weighted by molar-refractivity contribution is -0.163. The van der Waals surface area contributed by atoms with Gasteiger partial charge in [0.25, 0.3) is 0 Å². The normalized spacial score (nSPS) is 20.1. The van der Waals surface area contributed by atoms with Crippen molar-refractivity contribution in [2.24, 2.45) is 0 Å². The number of nitrogens with zero attached hydrogens (tertiary/aromatic N) is 3. The van der Waals surface area contributed by atoms with Crippen LogP contribution in [0.4, 0.5) is 10.1 Å². The van der Waals surface area contributed by atoms with Crippen LogP contribution in [0.2, 0.25) is 0 Å². The maximum Gasteiger partial charge on any atom is 0.326 e. The fraction of sp³-hybridized carbons (Fsp3) is 0.438. The number of rotatable bonds is 5. The number of hydrogen-bond donors (Lipinski definition) is 2. The molecule has 3 rings (SSSR count). The zero-order valence-corrected chi connectivity index (χ0v) is 13.9. The van der Waals surface area contributed by atoms with Gasteiger partial charge in [-0.2, -0.15) is 5.43 Å². The predicted molar refractivity (Wildman–Crippen MR) is 87.4 cm³/mol. The van der Waals surface area contributed by atoms with Gasteiger partial charge in [-0.1, -0.05) is 6.92 Å². The molecule has 2 aliphatic rings. The molecular weight excluding hydrogens is 329 g/mol. The van der Waals surface area contributed by atoms with Crippen molar-refractivity contribution >= 4 is 23.4 Å². The van der Waals surface area contributed by atoms with Crippen LogP contribution < -0.4 is 15.6 Å². The van der Waals surface area contributed by atoms with E-state index in [-0.39, 0.29) is 18.3 Å².